The Labute approximate surface area is 119 Å². The number of nitrogens with one attached hydrogen (secondary N) is 2. The van der Waals surface area contributed by atoms with Crippen molar-refractivity contribution in [1.82, 2.24) is 15.2 Å². The molecule has 4 nitrogen and oxygen atoms in total. The number of para-hydroxylation sites is 1. The Morgan fingerprint density at radius 3 is 2.90 bits per heavy atom. The van der Waals surface area contributed by atoms with Crippen molar-refractivity contribution in [1.29, 1.82) is 0 Å². The van der Waals surface area contributed by atoms with Crippen molar-refractivity contribution in [3.05, 3.63) is 36.0 Å². The summed E-state index contributed by atoms with van der Waals surface area (Å²) in [6.07, 6.45) is 2.50. The molecule has 2 aromatic rings. The van der Waals surface area contributed by atoms with Crippen LogP contribution in [0.3, 0.4) is 0 Å². The lowest BCUT2D eigenvalue weighted by Gasteiger charge is -2.25. The first-order valence-electron chi connectivity index (χ1n) is 7.22. The van der Waals surface area contributed by atoms with Gasteiger partial charge in [-0.1, -0.05) is 18.2 Å². The standard InChI is InChI=1S/C16H21N3O/c1-11(12-7-8-12)19(2)16(20)17-10-14-9-13-5-3-4-6-15(13)18-14/h3-6,9,11-12,18H,7-8,10H2,1-2H3,(H,17,20). The Balaban J connectivity index is 1.59. The highest BCUT2D eigenvalue weighted by Crippen LogP contribution is 2.34. The number of nitrogens with zero attached hydrogens (tertiary/aromatic N) is 1. The van der Waals surface area contributed by atoms with Crippen LogP contribution < -0.4 is 5.32 Å². The van der Waals surface area contributed by atoms with Crippen molar-refractivity contribution >= 4 is 16.9 Å². The minimum Gasteiger partial charge on any atom is -0.357 e. The molecular formula is C16H21N3O. The van der Waals surface area contributed by atoms with E-state index >= 15 is 0 Å². The van der Waals surface area contributed by atoms with Gasteiger partial charge in [0.2, 0.25) is 0 Å². The summed E-state index contributed by atoms with van der Waals surface area (Å²) >= 11 is 0. The molecule has 1 saturated carbocycles. The van der Waals surface area contributed by atoms with Gasteiger partial charge in [0, 0.05) is 24.3 Å². The molecule has 1 aliphatic rings. The topological polar surface area (TPSA) is 48.1 Å². The van der Waals surface area contributed by atoms with Gasteiger partial charge in [0.05, 0.1) is 6.54 Å². The fourth-order valence-electron chi connectivity index (χ4n) is 2.60. The fraction of sp³-hybridized carbons (Fsp3) is 0.438. The van der Waals surface area contributed by atoms with Gasteiger partial charge < -0.3 is 15.2 Å². The molecule has 1 atom stereocenters. The molecule has 3 rings (SSSR count). The van der Waals surface area contributed by atoms with Crippen molar-refractivity contribution < 1.29 is 4.79 Å². The molecule has 4 heteroatoms. The second kappa shape index (κ2) is 5.19. The summed E-state index contributed by atoms with van der Waals surface area (Å²) < 4.78 is 0. The number of carbonyl (C=O) groups is 1. The number of amides is 2. The Hall–Kier alpha value is -1.97. The Bertz CT molecular complexity index is 582. The first-order valence-corrected chi connectivity index (χ1v) is 7.22. The van der Waals surface area contributed by atoms with Crippen LogP contribution in [0, 0.1) is 5.92 Å². The zero-order valence-electron chi connectivity index (χ0n) is 12.0. The molecule has 1 aromatic carbocycles. The molecule has 0 radical (unpaired) electrons. The number of hydrogen-bond acceptors (Lipinski definition) is 1. The van der Waals surface area contributed by atoms with Gasteiger partial charge in [0.15, 0.2) is 0 Å². The quantitative estimate of drug-likeness (QED) is 0.882. The van der Waals surface area contributed by atoms with Crippen LogP contribution in [0.2, 0.25) is 0 Å². The van der Waals surface area contributed by atoms with Crippen LogP contribution in [0.15, 0.2) is 30.3 Å². The van der Waals surface area contributed by atoms with Crippen LogP contribution in [-0.2, 0) is 6.54 Å². The van der Waals surface area contributed by atoms with Crippen molar-refractivity contribution in [3.63, 3.8) is 0 Å². The van der Waals surface area contributed by atoms with Crippen LogP contribution in [0.4, 0.5) is 4.79 Å². The van der Waals surface area contributed by atoms with E-state index in [0.29, 0.717) is 18.5 Å². The maximum Gasteiger partial charge on any atom is 0.317 e. The lowest BCUT2D eigenvalue weighted by Crippen LogP contribution is -2.43. The number of carbonyl (C=O) groups excluding carboxylic acids is 1. The Morgan fingerprint density at radius 2 is 2.20 bits per heavy atom. The Kier molecular flexibility index (Phi) is 3.38. The van der Waals surface area contributed by atoms with E-state index in [2.05, 4.69) is 29.4 Å². The third-order valence-electron chi connectivity index (χ3n) is 4.25. The summed E-state index contributed by atoms with van der Waals surface area (Å²) in [6, 6.07) is 10.6. The van der Waals surface area contributed by atoms with Crippen molar-refractivity contribution in [2.24, 2.45) is 5.92 Å². The lowest BCUT2D eigenvalue weighted by molar-refractivity contribution is 0.187. The summed E-state index contributed by atoms with van der Waals surface area (Å²) in [5.74, 6) is 0.693. The van der Waals surface area contributed by atoms with Gasteiger partial charge in [0.1, 0.15) is 0 Å². The third kappa shape index (κ3) is 2.64. The molecule has 20 heavy (non-hydrogen) atoms. The van der Waals surface area contributed by atoms with Crippen molar-refractivity contribution in [3.8, 4) is 0 Å². The maximum absolute atomic E-state index is 12.1. The zero-order valence-corrected chi connectivity index (χ0v) is 12.0. The SMILES string of the molecule is CC(C1CC1)N(C)C(=O)NCc1cc2ccccc2[nH]1. The van der Waals surface area contributed by atoms with Crippen LogP contribution in [-0.4, -0.2) is 29.0 Å². The smallest absolute Gasteiger partial charge is 0.317 e. The molecule has 0 bridgehead atoms. The molecule has 0 saturated heterocycles. The molecule has 1 unspecified atom stereocenters. The lowest BCUT2D eigenvalue weighted by atomic mass is 10.2. The van der Waals surface area contributed by atoms with E-state index in [4.69, 9.17) is 0 Å². The second-order valence-electron chi connectivity index (χ2n) is 5.73. The van der Waals surface area contributed by atoms with Crippen LogP contribution >= 0.6 is 0 Å². The van der Waals surface area contributed by atoms with Crippen LogP contribution in [0.1, 0.15) is 25.5 Å². The van der Waals surface area contributed by atoms with E-state index in [1.54, 1.807) is 0 Å². The number of rotatable bonds is 4. The average molecular weight is 271 g/mol. The Morgan fingerprint density at radius 1 is 1.45 bits per heavy atom. The largest absolute Gasteiger partial charge is 0.357 e. The summed E-state index contributed by atoms with van der Waals surface area (Å²) in [5.41, 5.74) is 2.14. The van der Waals surface area contributed by atoms with Gasteiger partial charge >= 0.3 is 6.03 Å². The van der Waals surface area contributed by atoms with E-state index < -0.39 is 0 Å². The molecule has 0 spiro atoms. The average Bonchev–Trinajstić information content (AvgIpc) is 3.22. The monoisotopic (exact) mass is 271 g/mol. The van der Waals surface area contributed by atoms with Crippen LogP contribution in [0.5, 0.6) is 0 Å². The van der Waals surface area contributed by atoms with E-state index in [1.165, 1.54) is 18.2 Å². The number of aromatic amines is 1. The molecule has 1 aromatic heterocycles. The third-order valence-corrected chi connectivity index (χ3v) is 4.25. The summed E-state index contributed by atoms with van der Waals surface area (Å²) in [7, 11) is 1.88. The van der Waals surface area contributed by atoms with Crippen LogP contribution in [0.25, 0.3) is 10.9 Å². The minimum absolute atomic E-state index is 0.00283. The van der Waals surface area contributed by atoms with E-state index in [0.717, 1.165) is 11.2 Å². The first kappa shape index (κ1) is 13.0. The van der Waals surface area contributed by atoms with Gasteiger partial charge in [-0.25, -0.2) is 4.79 Å². The maximum atomic E-state index is 12.1. The highest BCUT2D eigenvalue weighted by molar-refractivity contribution is 5.80. The van der Waals surface area contributed by atoms with Gasteiger partial charge in [-0.15, -0.1) is 0 Å². The number of hydrogen-bond donors (Lipinski definition) is 2. The molecule has 1 heterocycles. The first-order chi connectivity index (χ1) is 9.65. The zero-order chi connectivity index (χ0) is 14.1. The molecule has 106 valence electrons. The molecule has 2 amide bonds. The van der Waals surface area contributed by atoms with E-state index in [-0.39, 0.29) is 6.03 Å². The molecule has 1 aliphatic carbocycles. The molecular weight excluding hydrogens is 250 g/mol. The second-order valence-corrected chi connectivity index (χ2v) is 5.73. The fourth-order valence-corrected chi connectivity index (χ4v) is 2.60. The van der Waals surface area contributed by atoms with Crippen molar-refractivity contribution in [2.45, 2.75) is 32.4 Å². The summed E-state index contributed by atoms with van der Waals surface area (Å²) in [5, 5.41) is 4.16. The highest BCUT2D eigenvalue weighted by atomic mass is 16.2. The summed E-state index contributed by atoms with van der Waals surface area (Å²) in [6.45, 7) is 2.66. The number of H-pyrrole nitrogens is 1. The van der Waals surface area contributed by atoms with E-state index in [1.807, 2.05) is 30.1 Å². The number of fused-ring (bicyclic) bond motifs is 1. The predicted octanol–water partition coefficient (Wildman–Crippen LogP) is 3.11. The highest BCUT2D eigenvalue weighted by Gasteiger charge is 2.32. The predicted molar refractivity (Wildman–Crippen MR) is 80.5 cm³/mol. The minimum atomic E-state index is 0.00283. The van der Waals surface area contributed by atoms with Gasteiger partial charge in [-0.05, 0) is 43.2 Å². The molecule has 0 aliphatic heterocycles. The van der Waals surface area contributed by atoms with Crippen molar-refractivity contribution in [2.75, 3.05) is 7.05 Å². The van der Waals surface area contributed by atoms with Gasteiger partial charge in [-0.3, -0.25) is 0 Å². The number of urea groups is 1. The van der Waals surface area contributed by atoms with E-state index in [9.17, 15) is 4.79 Å². The summed E-state index contributed by atoms with van der Waals surface area (Å²) in [4.78, 5) is 17.2. The number of benzene rings is 1. The molecule has 2 N–H and O–H groups in total. The molecule has 1 fully saturated rings. The van der Waals surface area contributed by atoms with Gasteiger partial charge in [-0.2, -0.15) is 0 Å². The number of aromatic nitrogens is 1. The van der Waals surface area contributed by atoms with Gasteiger partial charge in [0.25, 0.3) is 0 Å². The normalized spacial score (nSPS) is 16.1.